The van der Waals surface area contributed by atoms with E-state index in [-0.39, 0.29) is 11.4 Å². The van der Waals surface area contributed by atoms with Crippen molar-refractivity contribution < 1.29 is 4.79 Å². The summed E-state index contributed by atoms with van der Waals surface area (Å²) in [5, 5.41) is 3.38. The molecule has 17 heavy (non-hydrogen) atoms. The van der Waals surface area contributed by atoms with Gasteiger partial charge in [-0.3, -0.25) is 15.0 Å². The molecule has 1 aliphatic carbocycles. The molecule has 1 atom stereocenters. The number of amides is 1. The Morgan fingerprint density at radius 2 is 1.94 bits per heavy atom. The van der Waals surface area contributed by atoms with Crippen LogP contribution in [0.25, 0.3) is 0 Å². The van der Waals surface area contributed by atoms with Crippen LogP contribution >= 0.6 is 0 Å². The predicted octanol–water partition coefficient (Wildman–Crippen LogP) is 1.10. The Balaban J connectivity index is 2.68. The van der Waals surface area contributed by atoms with Crippen LogP contribution in [0.2, 0.25) is 0 Å². The third-order valence-electron chi connectivity index (χ3n) is 4.10. The van der Waals surface area contributed by atoms with E-state index in [0.29, 0.717) is 12.6 Å². The van der Waals surface area contributed by atoms with Gasteiger partial charge in [-0.1, -0.05) is 6.92 Å². The fourth-order valence-corrected chi connectivity index (χ4v) is 1.83. The van der Waals surface area contributed by atoms with Crippen LogP contribution in [0.3, 0.4) is 0 Å². The zero-order chi connectivity index (χ0) is 13.3. The van der Waals surface area contributed by atoms with Crippen LogP contribution in [0.4, 0.5) is 0 Å². The van der Waals surface area contributed by atoms with Gasteiger partial charge < -0.3 is 5.73 Å². The molecule has 0 bridgehead atoms. The molecule has 0 aromatic heterocycles. The van der Waals surface area contributed by atoms with Crippen molar-refractivity contribution in [3.05, 3.63) is 0 Å². The van der Waals surface area contributed by atoms with Crippen LogP contribution in [-0.2, 0) is 4.79 Å². The number of nitrogens with two attached hydrogens (primary N) is 1. The first-order valence-corrected chi connectivity index (χ1v) is 6.50. The van der Waals surface area contributed by atoms with Gasteiger partial charge in [0.15, 0.2) is 0 Å². The first-order chi connectivity index (χ1) is 7.71. The van der Waals surface area contributed by atoms with E-state index in [0.717, 1.165) is 19.3 Å². The van der Waals surface area contributed by atoms with E-state index in [1.807, 2.05) is 6.92 Å². The maximum atomic E-state index is 11.7. The zero-order valence-electron chi connectivity index (χ0n) is 11.8. The number of carbonyl (C=O) groups excluding carboxylic acids is 1. The molecule has 1 saturated carbocycles. The van der Waals surface area contributed by atoms with Gasteiger partial charge in [0, 0.05) is 18.1 Å². The van der Waals surface area contributed by atoms with Crippen LogP contribution in [0.1, 0.15) is 47.0 Å². The quantitative estimate of drug-likeness (QED) is 0.702. The summed E-state index contributed by atoms with van der Waals surface area (Å²) < 4.78 is 0. The van der Waals surface area contributed by atoms with Crippen molar-refractivity contribution in [2.75, 3.05) is 13.6 Å². The lowest BCUT2D eigenvalue weighted by molar-refractivity contribution is -0.125. The second kappa shape index (κ2) is 4.94. The monoisotopic (exact) mass is 241 g/mol. The van der Waals surface area contributed by atoms with Crippen molar-refractivity contribution in [2.45, 2.75) is 64.1 Å². The zero-order valence-corrected chi connectivity index (χ0v) is 11.8. The average molecular weight is 241 g/mol. The Kier molecular flexibility index (Phi) is 4.20. The molecule has 1 amide bonds. The van der Waals surface area contributed by atoms with E-state index in [2.05, 4.69) is 38.0 Å². The lowest BCUT2D eigenvalue weighted by atomic mass is 9.94. The van der Waals surface area contributed by atoms with Crippen molar-refractivity contribution in [1.29, 1.82) is 0 Å². The summed E-state index contributed by atoms with van der Waals surface area (Å²) in [6.45, 7) is 9.10. The van der Waals surface area contributed by atoms with Crippen LogP contribution in [0.5, 0.6) is 0 Å². The normalized spacial score (nSPS) is 20.4. The van der Waals surface area contributed by atoms with Crippen LogP contribution in [-0.4, -0.2) is 41.5 Å². The molecule has 0 heterocycles. The van der Waals surface area contributed by atoms with Crippen molar-refractivity contribution >= 4 is 5.91 Å². The number of rotatable bonds is 7. The van der Waals surface area contributed by atoms with Gasteiger partial charge in [0.2, 0.25) is 5.91 Å². The molecular formula is C13H27N3O. The Hall–Kier alpha value is -0.610. The molecule has 1 aliphatic rings. The van der Waals surface area contributed by atoms with Crippen LogP contribution in [0, 0.1) is 0 Å². The molecule has 0 spiro atoms. The van der Waals surface area contributed by atoms with E-state index < -0.39 is 5.54 Å². The van der Waals surface area contributed by atoms with Gasteiger partial charge in [-0.2, -0.15) is 0 Å². The highest BCUT2D eigenvalue weighted by Gasteiger charge is 2.39. The van der Waals surface area contributed by atoms with Crippen LogP contribution < -0.4 is 11.1 Å². The van der Waals surface area contributed by atoms with Gasteiger partial charge in [0.05, 0.1) is 0 Å². The summed E-state index contributed by atoms with van der Waals surface area (Å²) in [4.78, 5) is 13.9. The van der Waals surface area contributed by atoms with Gasteiger partial charge in [0.25, 0.3) is 0 Å². The summed E-state index contributed by atoms with van der Waals surface area (Å²) in [6, 6.07) is 0.477. The largest absolute Gasteiger partial charge is 0.368 e. The van der Waals surface area contributed by atoms with Crippen molar-refractivity contribution in [3.63, 3.8) is 0 Å². The van der Waals surface area contributed by atoms with Crippen LogP contribution in [0.15, 0.2) is 0 Å². The van der Waals surface area contributed by atoms with Crippen molar-refractivity contribution in [2.24, 2.45) is 5.73 Å². The van der Waals surface area contributed by atoms with Gasteiger partial charge in [0.1, 0.15) is 5.54 Å². The molecule has 0 radical (unpaired) electrons. The van der Waals surface area contributed by atoms with E-state index in [1.54, 1.807) is 0 Å². The summed E-state index contributed by atoms with van der Waals surface area (Å²) in [6.07, 6.45) is 3.36. The Bertz CT molecular complexity index is 286. The SMILES string of the molecule is CCC(C)(C)N(C)CC(C)(NC1CC1)C(N)=O. The van der Waals surface area contributed by atoms with Gasteiger partial charge in [-0.05, 0) is 47.1 Å². The molecule has 1 rings (SSSR count). The number of nitrogens with zero attached hydrogens (tertiary/aromatic N) is 1. The molecule has 100 valence electrons. The number of hydrogen-bond donors (Lipinski definition) is 2. The van der Waals surface area contributed by atoms with E-state index in [1.165, 1.54) is 0 Å². The maximum Gasteiger partial charge on any atom is 0.238 e. The molecule has 1 fully saturated rings. The molecule has 0 aliphatic heterocycles. The highest BCUT2D eigenvalue weighted by molar-refractivity contribution is 5.84. The molecule has 0 aromatic rings. The lowest BCUT2D eigenvalue weighted by Gasteiger charge is -2.40. The number of hydrogen-bond acceptors (Lipinski definition) is 3. The van der Waals surface area contributed by atoms with Gasteiger partial charge in [-0.25, -0.2) is 0 Å². The van der Waals surface area contributed by atoms with Gasteiger partial charge in [-0.15, -0.1) is 0 Å². The highest BCUT2D eigenvalue weighted by Crippen LogP contribution is 2.25. The van der Waals surface area contributed by atoms with E-state index in [4.69, 9.17) is 5.73 Å². The maximum absolute atomic E-state index is 11.7. The second-order valence-electron chi connectivity index (χ2n) is 6.14. The summed E-state index contributed by atoms with van der Waals surface area (Å²) in [5.41, 5.74) is 5.01. The Morgan fingerprint density at radius 3 is 2.29 bits per heavy atom. The van der Waals surface area contributed by atoms with Gasteiger partial charge >= 0.3 is 0 Å². The molecule has 0 aromatic carbocycles. The average Bonchev–Trinajstić information content (AvgIpc) is 3.01. The number of carbonyl (C=O) groups is 1. The molecule has 4 nitrogen and oxygen atoms in total. The summed E-state index contributed by atoms with van der Waals surface area (Å²) >= 11 is 0. The fourth-order valence-electron chi connectivity index (χ4n) is 1.83. The fraction of sp³-hybridized carbons (Fsp3) is 0.923. The van der Waals surface area contributed by atoms with E-state index >= 15 is 0 Å². The molecular weight excluding hydrogens is 214 g/mol. The Morgan fingerprint density at radius 1 is 1.41 bits per heavy atom. The lowest BCUT2D eigenvalue weighted by Crippen LogP contribution is -2.62. The number of likely N-dealkylation sites (N-methyl/N-ethyl adjacent to an activating group) is 1. The van der Waals surface area contributed by atoms with Crippen molar-refractivity contribution in [1.82, 2.24) is 10.2 Å². The number of nitrogens with one attached hydrogen (secondary N) is 1. The van der Waals surface area contributed by atoms with Crippen molar-refractivity contribution in [3.8, 4) is 0 Å². The first-order valence-electron chi connectivity index (χ1n) is 6.50. The minimum atomic E-state index is -0.623. The standard InChI is InChI=1S/C13H27N3O/c1-6-12(2,3)16(5)9-13(4,11(14)17)15-10-7-8-10/h10,15H,6-9H2,1-5H3,(H2,14,17). The summed E-state index contributed by atoms with van der Waals surface area (Å²) in [7, 11) is 2.05. The second-order valence-corrected chi connectivity index (χ2v) is 6.14. The number of primary amides is 1. The molecule has 4 heteroatoms. The highest BCUT2D eigenvalue weighted by atomic mass is 16.1. The third-order valence-corrected chi connectivity index (χ3v) is 4.10. The molecule has 1 unspecified atom stereocenters. The minimum absolute atomic E-state index is 0.0853. The Labute approximate surface area is 105 Å². The first kappa shape index (κ1) is 14.5. The molecule has 0 saturated heterocycles. The third kappa shape index (κ3) is 3.68. The van der Waals surface area contributed by atoms with E-state index in [9.17, 15) is 4.79 Å². The molecule has 3 N–H and O–H groups in total. The topological polar surface area (TPSA) is 58.4 Å². The predicted molar refractivity (Wildman–Crippen MR) is 70.8 cm³/mol. The minimum Gasteiger partial charge on any atom is -0.368 e. The summed E-state index contributed by atoms with van der Waals surface area (Å²) in [5.74, 6) is -0.261. The smallest absolute Gasteiger partial charge is 0.238 e.